The highest BCUT2D eigenvalue weighted by Crippen LogP contribution is 2.42. The van der Waals surface area contributed by atoms with Crippen LogP contribution in [-0.4, -0.2) is 22.9 Å². The number of fused-ring (bicyclic) bond motifs is 2. The molecule has 0 radical (unpaired) electrons. The summed E-state index contributed by atoms with van der Waals surface area (Å²) in [7, 11) is 0. The lowest BCUT2D eigenvalue weighted by molar-refractivity contribution is -0.132. The summed E-state index contributed by atoms with van der Waals surface area (Å²) < 4.78 is 5.84. The fourth-order valence-corrected chi connectivity index (χ4v) is 4.86. The van der Waals surface area contributed by atoms with Gasteiger partial charge in [0.1, 0.15) is 11.3 Å². The van der Waals surface area contributed by atoms with Crippen LogP contribution in [0.25, 0.3) is 0 Å². The Labute approximate surface area is 157 Å². The molecule has 0 saturated carbocycles. The molecule has 1 fully saturated rings. The number of urea groups is 1. The molecule has 4 rings (SSSR count). The Bertz CT molecular complexity index is 860. The van der Waals surface area contributed by atoms with E-state index in [0.717, 1.165) is 24.0 Å². The van der Waals surface area contributed by atoms with Crippen molar-refractivity contribution in [2.24, 2.45) is 0 Å². The van der Waals surface area contributed by atoms with E-state index in [1.165, 1.54) is 9.78 Å². The molecule has 1 unspecified atom stereocenters. The third kappa shape index (κ3) is 2.69. The van der Waals surface area contributed by atoms with E-state index in [-0.39, 0.29) is 24.6 Å². The molecule has 136 valence electrons. The minimum atomic E-state index is -0.890. The fourth-order valence-electron chi connectivity index (χ4n) is 3.86. The average molecular weight is 370 g/mol. The van der Waals surface area contributed by atoms with Crippen molar-refractivity contribution in [3.05, 3.63) is 51.7 Å². The van der Waals surface area contributed by atoms with Gasteiger partial charge in [0.2, 0.25) is 0 Å². The van der Waals surface area contributed by atoms with Gasteiger partial charge in [0, 0.05) is 16.0 Å². The molecule has 0 bridgehead atoms. The maximum atomic E-state index is 13.3. The van der Waals surface area contributed by atoms with Crippen molar-refractivity contribution in [2.75, 3.05) is 0 Å². The van der Waals surface area contributed by atoms with Crippen LogP contribution in [0.2, 0.25) is 0 Å². The second-order valence-electron chi connectivity index (χ2n) is 7.11. The van der Waals surface area contributed by atoms with E-state index in [9.17, 15) is 9.59 Å². The molecule has 1 atom stereocenters. The van der Waals surface area contributed by atoms with Crippen molar-refractivity contribution in [3.8, 4) is 5.75 Å². The zero-order valence-corrected chi connectivity index (χ0v) is 15.8. The van der Waals surface area contributed by atoms with Gasteiger partial charge in [-0.2, -0.15) is 0 Å². The number of carbonyl (C=O) groups is 2. The smallest absolute Gasteiger partial charge is 0.325 e. The maximum Gasteiger partial charge on any atom is 0.325 e. The number of nitrogens with one attached hydrogen (secondary N) is 1. The second-order valence-corrected chi connectivity index (χ2v) is 8.11. The lowest BCUT2D eigenvalue weighted by Gasteiger charge is -2.31. The topological polar surface area (TPSA) is 58.6 Å². The van der Waals surface area contributed by atoms with E-state index in [0.29, 0.717) is 12.2 Å². The number of amides is 3. The van der Waals surface area contributed by atoms with Crippen LogP contribution < -0.4 is 10.1 Å². The standard InChI is InChI=1S/C20H22N2O3S/c1-13(2)25-16-7-4-3-6-14(16)12-22-18(23)20(21-19(22)24)10-5-8-17-15(20)9-11-26-17/h3-4,6-7,9,11,13H,5,8,10,12H2,1-2H3,(H,21,24). The first kappa shape index (κ1) is 17.1. The minimum absolute atomic E-state index is 0.0253. The molecule has 1 N–H and O–H groups in total. The Morgan fingerprint density at radius 2 is 2.08 bits per heavy atom. The van der Waals surface area contributed by atoms with Crippen LogP contribution in [0.15, 0.2) is 35.7 Å². The summed E-state index contributed by atoms with van der Waals surface area (Å²) in [4.78, 5) is 28.5. The second kappa shape index (κ2) is 6.43. The molecule has 2 aromatic rings. The molecule has 6 heteroatoms. The van der Waals surface area contributed by atoms with Crippen molar-refractivity contribution < 1.29 is 14.3 Å². The normalized spacial score (nSPS) is 22.0. The first-order chi connectivity index (χ1) is 12.5. The molecule has 3 amide bonds. The predicted molar refractivity (Wildman–Crippen MR) is 100 cm³/mol. The molecular formula is C20H22N2O3S. The van der Waals surface area contributed by atoms with Gasteiger partial charge in [0.25, 0.3) is 5.91 Å². The zero-order chi connectivity index (χ0) is 18.3. The molecule has 1 aliphatic carbocycles. The van der Waals surface area contributed by atoms with Gasteiger partial charge >= 0.3 is 6.03 Å². The first-order valence-corrected chi connectivity index (χ1v) is 9.85. The van der Waals surface area contributed by atoms with Gasteiger partial charge in [-0.3, -0.25) is 9.69 Å². The van der Waals surface area contributed by atoms with Gasteiger partial charge in [0.05, 0.1) is 12.6 Å². The lowest BCUT2D eigenvalue weighted by atomic mass is 9.80. The van der Waals surface area contributed by atoms with Crippen molar-refractivity contribution >= 4 is 23.3 Å². The maximum absolute atomic E-state index is 13.3. The Kier molecular flexibility index (Phi) is 4.23. The Morgan fingerprint density at radius 1 is 1.27 bits per heavy atom. The molecule has 5 nitrogen and oxygen atoms in total. The molecule has 1 aromatic heterocycles. The highest BCUT2D eigenvalue weighted by atomic mass is 32.1. The Hall–Kier alpha value is -2.34. The zero-order valence-electron chi connectivity index (χ0n) is 15.0. The number of aryl methyl sites for hydroxylation is 1. The summed E-state index contributed by atoms with van der Waals surface area (Å²) in [6, 6.07) is 9.23. The number of rotatable bonds is 4. The van der Waals surface area contributed by atoms with Gasteiger partial charge in [-0.05, 0) is 50.6 Å². The minimum Gasteiger partial charge on any atom is -0.491 e. The quantitative estimate of drug-likeness (QED) is 0.833. The Morgan fingerprint density at radius 3 is 2.88 bits per heavy atom. The van der Waals surface area contributed by atoms with Crippen LogP contribution in [0.4, 0.5) is 4.79 Å². The van der Waals surface area contributed by atoms with Crippen LogP contribution in [0, 0.1) is 0 Å². The summed E-state index contributed by atoms with van der Waals surface area (Å²) in [5.74, 6) is 0.560. The SMILES string of the molecule is CC(C)Oc1ccccc1CN1C(=O)NC2(CCCc3sccc32)C1=O. The van der Waals surface area contributed by atoms with Gasteiger partial charge in [-0.15, -0.1) is 11.3 Å². The van der Waals surface area contributed by atoms with Crippen molar-refractivity contribution in [2.45, 2.75) is 51.3 Å². The fraction of sp³-hybridized carbons (Fsp3) is 0.400. The van der Waals surface area contributed by atoms with Crippen LogP contribution in [0.5, 0.6) is 5.75 Å². The molecule has 1 saturated heterocycles. The number of para-hydroxylation sites is 1. The van der Waals surface area contributed by atoms with Crippen LogP contribution >= 0.6 is 11.3 Å². The van der Waals surface area contributed by atoms with E-state index in [4.69, 9.17) is 4.74 Å². The predicted octanol–water partition coefficient (Wildman–Crippen LogP) is 3.82. The number of hydrogen-bond acceptors (Lipinski definition) is 4. The van der Waals surface area contributed by atoms with E-state index >= 15 is 0 Å². The third-order valence-corrected chi connectivity index (χ3v) is 5.98. The van der Waals surface area contributed by atoms with Gasteiger partial charge < -0.3 is 10.1 Å². The number of imide groups is 1. The summed E-state index contributed by atoms with van der Waals surface area (Å²) in [5.41, 5.74) is 0.919. The van der Waals surface area contributed by atoms with Crippen LogP contribution in [0.3, 0.4) is 0 Å². The van der Waals surface area contributed by atoms with Gasteiger partial charge in [-0.25, -0.2) is 4.79 Å². The molecule has 1 aliphatic heterocycles. The largest absolute Gasteiger partial charge is 0.491 e. The van der Waals surface area contributed by atoms with E-state index in [1.54, 1.807) is 11.3 Å². The number of carbonyl (C=O) groups excluding carboxylic acids is 2. The molecular weight excluding hydrogens is 348 g/mol. The summed E-state index contributed by atoms with van der Waals surface area (Å²) in [6.07, 6.45) is 2.56. The highest BCUT2D eigenvalue weighted by Gasteiger charge is 2.54. The number of benzene rings is 1. The van der Waals surface area contributed by atoms with Crippen molar-refractivity contribution in [3.63, 3.8) is 0 Å². The number of thiophene rings is 1. The van der Waals surface area contributed by atoms with E-state index < -0.39 is 5.54 Å². The van der Waals surface area contributed by atoms with Crippen molar-refractivity contribution in [1.82, 2.24) is 10.2 Å². The monoisotopic (exact) mass is 370 g/mol. The summed E-state index contributed by atoms with van der Waals surface area (Å²) in [5, 5.41) is 5.00. The third-order valence-electron chi connectivity index (χ3n) is 5.00. The molecule has 2 heterocycles. The summed E-state index contributed by atoms with van der Waals surface area (Å²) in [6.45, 7) is 4.13. The Balaban J connectivity index is 1.65. The van der Waals surface area contributed by atoms with Crippen molar-refractivity contribution in [1.29, 1.82) is 0 Å². The number of nitrogens with zero attached hydrogens (tertiary/aromatic N) is 1. The first-order valence-electron chi connectivity index (χ1n) is 8.97. The van der Waals surface area contributed by atoms with Gasteiger partial charge in [-0.1, -0.05) is 18.2 Å². The van der Waals surface area contributed by atoms with Crippen LogP contribution in [0.1, 0.15) is 42.7 Å². The van der Waals surface area contributed by atoms with Gasteiger partial charge in [0.15, 0.2) is 0 Å². The number of hydrogen-bond donors (Lipinski definition) is 1. The molecule has 2 aliphatic rings. The lowest BCUT2D eigenvalue weighted by Crippen LogP contribution is -2.46. The van der Waals surface area contributed by atoms with E-state index in [2.05, 4.69) is 5.32 Å². The summed E-state index contributed by atoms with van der Waals surface area (Å²) >= 11 is 1.66. The number of ether oxygens (including phenoxy) is 1. The average Bonchev–Trinajstić information content (AvgIpc) is 3.17. The molecule has 26 heavy (non-hydrogen) atoms. The highest BCUT2D eigenvalue weighted by molar-refractivity contribution is 7.10. The van der Waals surface area contributed by atoms with E-state index in [1.807, 2.05) is 49.6 Å². The van der Waals surface area contributed by atoms with Crippen LogP contribution in [-0.2, 0) is 23.3 Å². The molecule has 1 spiro atoms. The molecule has 1 aromatic carbocycles.